The number of nitrogens with one attached hydrogen (secondary N) is 1. The van der Waals surface area contributed by atoms with E-state index in [1.165, 1.54) is 17.3 Å². The van der Waals surface area contributed by atoms with Crippen LogP contribution in [0.3, 0.4) is 0 Å². The van der Waals surface area contributed by atoms with Crippen molar-refractivity contribution in [3.63, 3.8) is 0 Å². The molecule has 1 aliphatic heterocycles. The number of carbonyl (C=O) groups is 1. The summed E-state index contributed by atoms with van der Waals surface area (Å²) in [5.41, 5.74) is 1.35. The maximum Gasteiger partial charge on any atom is 0.295 e. The summed E-state index contributed by atoms with van der Waals surface area (Å²) in [6, 6.07) is -0.205. The van der Waals surface area contributed by atoms with Gasteiger partial charge in [-0.1, -0.05) is 25.1 Å². The Kier molecular flexibility index (Phi) is 7.49. The molecule has 30 heavy (non-hydrogen) atoms. The Labute approximate surface area is 181 Å². The van der Waals surface area contributed by atoms with Gasteiger partial charge in [0.15, 0.2) is 21.5 Å². The highest BCUT2D eigenvalue weighted by Crippen LogP contribution is 2.21. The molecule has 1 aliphatic rings. The number of aliphatic imine (C=N–C) groups is 2. The Hall–Kier alpha value is -2.59. The summed E-state index contributed by atoms with van der Waals surface area (Å²) in [7, 11) is -3.38. The van der Waals surface area contributed by atoms with Crippen LogP contribution < -0.4 is 5.32 Å². The van der Waals surface area contributed by atoms with Gasteiger partial charge in [0.1, 0.15) is 21.6 Å². The minimum atomic E-state index is -3.38. The molecule has 1 amide bonds. The number of amides is 1. The molecular weight excluding hydrogens is 428 g/mol. The first-order chi connectivity index (χ1) is 14.0. The standard InChI is InChI=1S/C19H25ClN6O3S/c1-7-30(28,29)14-8-21-15(22-9-14)10-23-17-19(27)26(12(4)5)18(24-13(6)20)16(25-17)11(2)3/h8-9,12H,6-7,10H2,1-5H3,(H,23,25)/b24-18+. The maximum absolute atomic E-state index is 13.0. The van der Waals surface area contributed by atoms with Crippen molar-refractivity contribution >= 4 is 39.0 Å². The van der Waals surface area contributed by atoms with Crippen LogP contribution in [0.5, 0.6) is 0 Å². The van der Waals surface area contributed by atoms with Crippen molar-refractivity contribution in [1.82, 2.24) is 20.2 Å². The number of rotatable bonds is 6. The Bertz CT molecular complexity index is 1040. The summed E-state index contributed by atoms with van der Waals surface area (Å²) in [5.74, 6) is 0.355. The highest BCUT2D eigenvalue weighted by molar-refractivity contribution is 7.91. The predicted molar refractivity (Wildman–Crippen MR) is 117 cm³/mol. The highest BCUT2D eigenvalue weighted by Gasteiger charge is 2.34. The Morgan fingerprint density at radius 1 is 1.30 bits per heavy atom. The van der Waals surface area contributed by atoms with Crippen molar-refractivity contribution in [2.24, 2.45) is 9.98 Å². The molecule has 1 N–H and O–H groups in total. The van der Waals surface area contributed by atoms with E-state index in [0.717, 1.165) is 5.57 Å². The lowest BCUT2D eigenvalue weighted by Crippen LogP contribution is -2.52. The van der Waals surface area contributed by atoms with E-state index in [2.05, 4.69) is 31.8 Å². The molecule has 2 heterocycles. The fourth-order valence-electron chi connectivity index (χ4n) is 2.61. The molecule has 0 bridgehead atoms. The van der Waals surface area contributed by atoms with E-state index in [4.69, 9.17) is 11.6 Å². The van der Waals surface area contributed by atoms with Crippen molar-refractivity contribution < 1.29 is 13.2 Å². The lowest BCUT2D eigenvalue weighted by molar-refractivity contribution is -0.122. The van der Waals surface area contributed by atoms with Gasteiger partial charge in [-0.15, -0.1) is 0 Å². The molecule has 1 aromatic heterocycles. The monoisotopic (exact) mass is 452 g/mol. The van der Waals surface area contributed by atoms with Crippen LogP contribution in [0.2, 0.25) is 0 Å². The molecule has 2 rings (SSSR count). The number of carbonyl (C=O) groups excluding carboxylic acids is 1. The number of nitrogens with zero attached hydrogens (tertiary/aromatic N) is 5. The fraction of sp³-hybridized carbons (Fsp3) is 0.421. The molecular formula is C19H25ClN6O3S. The first kappa shape index (κ1) is 23.7. The number of hydrogen-bond donors (Lipinski definition) is 1. The molecule has 0 spiro atoms. The zero-order valence-electron chi connectivity index (χ0n) is 17.6. The van der Waals surface area contributed by atoms with Gasteiger partial charge in [-0.05, 0) is 33.3 Å². The van der Waals surface area contributed by atoms with E-state index in [-0.39, 0.29) is 40.1 Å². The smallest absolute Gasteiger partial charge is 0.295 e. The van der Waals surface area contributed by atoms with Crippen LogP contribution >= 0.6 is 11.6 Å². The molecule has 0 saturated heterocycles. The molecule has 9 nitrogen and oxygen atoms in total. The van der Waals surface area contributed by atoms with Gasteiger partial charge in [-0.25, -0.2) is 28.4 Å². The van der Waals surface area contributed by atoms with Crippen molar-refractivity contribution in [3.8, 4) is 0 Å². The van der Waals surface area contributed by atoms with Crippen molar-refractivity contribution in [3.05, 3.63) is 41.2 Å². The van der Waals surface area contributed by atoms with Crippen LogP contribution in [-0.2, 0) is 21.2 Å². The minimum Gasteiger partial charge on any atom is -0.358 e. The van der Waals surface area contributed by atoms with Gasteiger partial charge in [0.05, 0.1) is 12.3 Å². The summed E-state index contributed by atoms with van der Waals surface area (Å²) in [6.07, 6.45) is 2.51. The quantitative estimate of drug-likeness (QED) is 0.662. The third-order valence-corrected chi connectivity index (χ3v) is 5.91. The topological polar surface area (TPSA) is 117 Å². The number of hydrogen-bond acceptors (Lipinski definition) is 8. The number of halogens is 1. The summed E-state index contributed by atoms with van der Waals surface area (Å²) in [5, 5.41) is 2.99. The van der Waals surface area contributed by atoms with Gasteiger partial charge < -0.3 is 5.32 Å². The summed E-state index contributed by atoms with van der Waals surface area (Å²) < 4.78 is 23.7. The molecule has 0 radical (unpaired) electrons. The van der Waals surface area contributed by atoms with E-state index in [9.17, 15) is 13.2 Å². The van der Waals surface area contributed by atoms with E-state index in [1.807, 2.05) is 27.7 Å². The average molecular weight is 453 g/mol. The first-order valence-corrected chi connectivity index (χ1v) is 11.3. The number of aromatic nitrogens is 2. The second kappa shape index (κ2) is 9.48. The molecule has 162 valence electrons. The molecule has 0 atom stereocenters. The summed E-state index contributed by atoms with van der Waals surface area (Å²) >= 11 is 5.87. The second-order valence-corrected chi connectivity index (χ2v) is 9.70. The number of amidine groups is 2. The molecule has 1 aromatic rings. The van der Waals surface area contributed by atoms with E-state index < -0.39 is 9.84 Å². The van der Waals surface area contributed by atoms with Gasteiger partial charge >= 0.3 is 0 Å². The van der Waals surface area contributed by atoms with E-state index >= 15 is 0 Å². The summed E-state index contributed by atoms with van der Waals surface area (Å²) in [4.78, 5) is 31.3. The van der Waals surface area contributed by atoms with Crippen molar-refractivity contribution in [2.45, 2.75) is 52.1 Å². The van der Waals surface area contributed by atoms with E-state index in [0.29, 0.717) is 17.4 Å². The van der Waals surface area contributed by atoms with E-state index in [1.54, 1.807) is 6.92 Å². The Balaban J connectivity index is 2.34. The Morgan fingerprint density at radius 3 is 2.37 bits per heavy atom. The fourth-order valence-corrected chi connectivity index (χ4v) is 3.45. The summed E-state index contributed by atoms with van der Waals surface area (Å²) in [6.45, 7) is 12.6. The molecule has 0 aromatic carbocycles. The predicted octanol–water partition coefficient (Wildman–Crippen LogP) is 2.41. The first-order valence-electron chi connectivity index (χ1n) is 9.28. The van der Waals surface area contributed by atoms with Crippen LogP contribution in [0.25, 0.3) is 0 Å². The molecule has 0 fully saturated rings. The van der Waals surface area contributed by atoms with Crippen LogP contribution in [0.4, 0.5) is 0 Å². The SMILES string of the molecule is C=C(Cl)/N=C1\C(=C(C)C)N=C(NCc2ncc(S(=O)(=O)CC)cn2)C(=O)N1C(C)C. The van der Waals surface area contributed by atoms with Crippen molar-refractivity contribution in [1.29, 1.82) is 0 Å². The van der Waals surface area contributed by atoms with Gasteiger partial charge in [0, 0.05) is 18.4 Å². The zero-order valence-corrected chi connectivity index (χ0v) is 19.2. The van der Waals surface area contributed by atoms with Crippen LogP contribution in [0, 0.1) is 0 Å². The number of allylic oxidation sites excluding steroid dienone is 1. The van der Waals surface area contributed by atoms with Crippen molar-refractivity contribution in [2.75, 3.05) is 5.75 Å². The third kappa shape index (κ3) is 5.31. The minimum absolute atomic E-state index is 0.0333. The van der Waals surface area contributed by atoms with Gasteiger partial charge in [-0.3, -0.25) is 9.69 Å². The lowest BCUT2D eigenvalue weighted by atomic mass is 10.1. The maximum atomic E-state index is 13.0. The largest absolute Gasteiger partial charge is 0.358 e. The lowest BCUT2D eigenvalue weighted by Gasteiger charge is -2.32. The molecule has 0 aliphatic carbocycles. The molecule has 0 saturated carbocycles. The van der Waals surface area contributed by atoms with Gasteiger partial charge in [0.2, 0.25) is 0 Å². The van der Waals surface area contributed by atoms with Crippen LogP contribution in [0.15, 0.2) is 50.3 Å². The normalized spacial score (nSPS) is 16.2. The highest BCUT2D eigenvalue weighted by atomic mass is 35.5. The van der Waals surface area contributed by atoms with Crippen LogP contribution in [-0.4, -0.2) is 52.7 Å². The zero-order chi connectivity index (χ0) is 22.6. The van der Waals surface area contributed by atoms with Crippen LogP contribution in [0.1, 0.15) is 40.4 Å². The number of sulfone groups is 1. The Morgan fingerprint density at radius 2 is 1.90 bits per heavy atom. The average Bonchev–Trinajstić information content (AvgIpc) is 2.66. The second-order valence-electron chi connectivity index (χ2n) is 6.98. The van der Waals surface area contributed by atoms with Gasteiger partial charge in [-0.2, -0.15) is 0 Å². The molecule has 11 heteroatoms. The third-order valence-electron chi connectivity index (χ3n) is 4.14. The molecule has 0 unspecified atom stereocenters. The van der Waals surface area contributed by atoms with Gasteiger partial charge in [0.25, 0.3) is 5.91 Å².